The van der Waals surface area contributed by atoms with Crippen LogP contribution in [-0.4, -0.2) is 29.7 Å². The van der Waals surface area contributed by atoms with E-state index >= 15 is 0 Å². The molecular weight excluding hydrogens is 359 g/mol. The number of hydrogen-bond acceptors (Lipinski definition) is 3. The maximum atomic E-state index is 14.4. The van der Waals surface area contributed by atoms with E-state index < -0.39 is 35.8 Å². The van der Waals surface area contributed by atoms with Gasteiger partial charge in [-0.25, -0.2) is 15.2 Å². The number of carbonyl (C=O) groups excluding carboxylic acids is 1. The lowest BCUT2D eigenvalue weighted by atomic mass is 9.99. The minimum Gasteiger partial charge on any atom is -0.446 e. The molecule has 1 N–H and O–H groups in total. The lowest BCUT2D eigenvalue weighted by Gasteiger charge is -2.33. The monoisotopic (exact) mass is 378 g/mol. The number of carbonyl (C=O) groups is 1. The van der Waals surface area contributed by atoms with Gasteiger partial charge in [-0.1, -0.05) is 32.6 Å². The summed E-state index contributed by atoms with van der Waals surface area (Å²) in [5, 5.41) is 0.963. The zero-order chi connectivity index (χ0) is 19.7. The highest BCUT2D eigenvalue weighted by Crippen LogP contribution is 2.36. The molecule has 0 spiro atoms. The first-order valence-corrected chi connectivity index (χ1v) is 7.88. The van der Waals surface area contributed by atoms with E-state index in [0.29, 0.717) is 18.2 Å². The van der Waals surface area contributed by atoms with Crippen LogP contribution in [0.1, 0.15) is 31.0 Å². The molecule has 0 saturated carbocycles. The molecule has 1 aliphatic rings. The van der Waals surface area contributed by atoms with Gasteiger partial charge in [0.05, 0.1) is 11.6 Å². The first-order chi connectivity index (χ1) is 12.0. The standard InChI is InChI=1S/C17H19F5N2O2/c1-4-16(18,19)14(11-5-7-12(8-6-11)17(20,21)22)23-24-13(10(2)3)9-26-15(24)25/h4-8,10,13-14,23H,1,9H2,2-3H3/t13-,14-/m1/s1. The Balaban J connectivity index is 2.36. The summed E-state index contributed by atoms with van der Waals surface area (Å²) >= 11 is 0. The van der Waals surface area contributed by atoms with Gasteiger partial charge in [0.25, 0.3) is 5.92 Å². The molecule has 1 amide bonds. The topological polar surface area (TPSA) is 41.6 Å². The number of halogens is 5. The fourth-order valence-corrected chi connectivity index (χ4v) is 2.58. The first kappa shape index (κ1) is 20.2. The van der Waals surface area contributed by atoms with Crippen LogP contribution in [-0.2, 0) is 10.9 Å². The summed E-state index contributed by atoms with van der Waals surface area (Å²) in [5.74, 6) is -3.61. The molecular formula is C17H19F5N2O2. The molecule has 26 heavy (non-hydrogen) atoms. The number of nitrogens with one attached hydrogen (secondary N) is 1. The molecule has 1 saturated heterocycles. The van der Waals surface area contributed by atoms with Gasteiger partial charge in [-0.2, -0.15) is 22.0 Å². The Morgan fingerprint density at radius 2 is 1.81 bits per heavy atom. The van der Waals surface area contributed by atoms with Gasteiger partial charge in [0.1, 0.15) is 12.6 Å². The van der Waals surface area contributed by atoms with Gasteiger partial charge >= 0.3 is 12.3 Å². The van der Waals surface area contributed by atoms with E-state index in [4.69, 9.17) is 4.74 Å². The number of alkyl halides is 5. The van der Waals surface area contributed by atoms with Gasteiger partial charge in [0, 0.05) is 0 Å². The molecule has 0 aromatic heterocycles. The van der Waals surface area contributed by atoms with E-state index in [1.807, 2.05) is 0 Å². The third-order valence-corrected chi connectivity index (χ3v) is 4.17. The van der Waals surface area contributed by atoms with E-state index in [1.54, 1.807) is 13.8 Å². The second-order valence-electron chi connectivity index (χ2n) is 6.32. The Hall–Kier alpha value is -2.16. The molecule has 1 aromatic carbocycles. The molecule has 1 fully saturated rings. The van der Waals surface area contributed by atoms with Gasteiger partial charge in [0.2, 0.25) is 0 Å². The van der Waals surface area contributed by atoms with Crippen LogP contribution in [0.25, 0.3) is 0 Å². The van der Waals surface area contributed by atoms with E-state index in [0.717, 1.165) is 17.1 Å². The number of rotatable bonds is 6. The van der Waals surface area contributed by atoms with Crippen molar-refractivity contribution in [1.29, 1.82) is 0 Å². The van der Waals surface area contributed by atoms with E-state index in [-0.39, 0.29) is 18.1 Å². The summed E-state index contributed by atoms with van der Waals surface area (Å²) < 4.78 is 71.7. The minimum atomic E-state index is -4.58. The normalized spacial score (nSPS) is 19.6. The highest BCUT2D eigenvalue weighted by Gasteiger charge is 2.44. The zero-order valence-corrected chi connectivity index (χ0v) is 14.2. The van der Waals surface area contributed by atoms with Crippen LogP contribution >= 0.6 is 0 Å². The summed E-state index contributed by atoms with van der Waals surface area (Å²) in [6, 6.07) is 1.05. The quantitative estimate of drug-likeness (QED) is 0.583. The molecule has 0 unspecified atom stereocenters. The van der Waals surface area contributed by atoms with Gasteiger partial charge in [-0.05, 0) is 29.7 Å². The summed E-state index contributed by atoms with van der Waals surface area (Å²) in [5.41, 5.74) is 1.34. The second kappa shape index (κ2) is 7.22. The van der Waals surface area contributed by atoms with Crippen molar-refractivity contribution < 1.29 is 31.5 Å². The predicted octanol–water partition coefficient (Wildman–Crippen LogP) is 4.55. The van der Waals surface area contributed by atoms with Gasteiger partial charge < -0.3 is 4.74 Å². The number of amides is 1. The fraction of sp³-hybridized carbons (Fsp3) is 0.471. The van der Waals surface area contributed by atoms with E-state index in [1.165, 1.54) is 0 Å². The Labute approximate surface area is 147 Å². The number of cyclic esters (lactones) is 1. The molecule has 4 nitrogen and oxygen atoms in total. The van der Waals surface area contributed by atoms with Crippen LogP contribution in [0.15, 0.2) is 36.9 Å². The van der Waals surface area contributed by atoms with E-state index in [2.05, 4.69) is 12.0 Å². The average molecular weight is 378 g/mol. The van der Waals surface area contributed by atoms with Gasteiger partial charge in [0.15, 0.2) is 0 Å². The van der Waals surface area contributed by atoms with Crippen LogP contribution in [0.3, 0.4) is 0 Å². The lowest BCUT2D eigenvalue weighted by Crippen LogP contribution is -2.52. The number of hydrazine groups is 1. The molecule has 0 radical (unpaired) electrons. The Morgan fingerprint density at radius 1 is 1.23 bits per heavy atom. The second-order valence-corrected chi connectivity index (χ2v) is 6.32. The lowest BCUT2D eigenvalue weighted by molar-refractivity contribution is -0.137. The van der Waals surface area contributed by atoms with Crippen molar-refractivity contribution >= 4 is 6.09 Å². The van der Waals surface area contributed by atoms with Crippen LogP contribution < -0.4 is 5.43 Å². The highest BCUT2D eigenvalue weighted by atomic mass is 19.4. The summed E-state index contributed by atoms with van der Waals surface area (Å²) in [4.78, 5) is 11.9. The van der Waals surface area contributed by atoms with Crippen molar-refractivity contribution in [3.63, 3.8) is 0 Å². The number of hydrogen-bond donors (Lipinski definition) is 1. The number of benzene rings is 1. The smallest absolute Gasteiger partial charge is 0.424 e. The van der Waals surface area contributed by atoms with Crippen LogP contribution in [0, 0.1) is 5.92 Å². The largest absolute Gasteiger partial charge is 0.446 e. The number of nitrogens with zero attached hydrogens (tertiary/aromatic N) is 1. The third kappa shape index (κ3) is 4.14. The molecule has 0 aliphatic carbocycles. The SMILES string of the molecule is C=CC(F)(F)[C@H](NN1C(=O)OC[C@@H]1C(C)C)c1ccc(C(F)(F)F)cc1. The predicted molar refractivity (Wildman–Crippen MR) is 84.3 cm³/mol. The minimum absolute atomic E-state index is 0.0306. The molecule has 2 atom stereocenters. The van der Waals surface area contributed by atoms with Crippen molar-refractivity contribution in [2.24, 2.45) is 5.92 Å². The van der Waals surface area contributed by atoms with Gasteiger partial charge in [-0.3, -0.25) is 0 Å². The summed E-state index contributed by atoms with van der Waals surface area (Å²) in [6.45, 7) is 6.69. The maximum Gasteiger partial charge on any atom is 0.424 e. The molecule has 2 rings (SSSR count). The molecule has 1 aromatic rings. The van der Waals surface area contributed by atoms with Crippen molar-refractivity contribution in [2.45, 2.75) is 38.0 Å². The molecule has 1 aliphatic heterocycles. The molecule has 144 valence electrons. The average Bonchev–Trinajstić information content (AvgIpc) is 2.92. The molecule has 1 heterocycles. The first-order valence-electron chi connectivity index (χ1n) is 7.88. The number of ether oxygens (including phenoxy) is 1. The van der Waals surface area contributed by atoms with Crippen LogP contribution in [0.5, 0.6) is 0 Å². The maximum absolute atomic E-state index is 14.4. The van der Waals surface area contributed by atoms with Crippen molar-refractivity contribution in [3.05, 3.63) is 48.0 Å². The summed E-state index contributed by atoms with van der Waals surface area (Å²) in [7, 11) is 0. The van der Waals surface area contributed by atoms with Crippen molar-refractivity contribution in [3.8, 4) is 0 Å². The summed E-state index contributed by atoms with van der Waals surface area (Å²) in [6.07, 6.45) is -5.02. The molecule has 9 heteroatoms. The molecule has 0 bridgehead atoms. The van der Waals surface area contributed by atoms with Gasteiger partial charge in [-0.15, -0.1) is 0 Å². The van der Waals surface area contributed by atoms with E-state index in [9.17, 15) is 26.7 Å². The Kier molecular flexibility index (Phi) is 5.60. The fourth-order valence-electron chi connectivity index (χ4n) is 2.58. The van der Waals surface area contributed by atoms with Crippen molar-refractivity contribution in [2.75, 3.05) is 6.61 Å². The van der Waals surface area contributed by atoms with Crippen LogP contribution in [0.2, 0.25) is 0 Å². The Morgan fingerprint density at radius 3 is 2.27 bits per heavy atom. The Bertz CT molecular complexity index is 658. The highest BCUT2D eigenvalue weighted by molar-refractivity contribution is 5.69. The van der Waals surface area contributed by atoms with Crippen molar-refractivity contribution in [1.82, 2.24) is 10.4 Å². The third-order valence-electron chi connectivity index (χ3n) is 4.17. The zero-order valence-electron chi connectivity index (χ0n) is 14.2. The van der Waals surface area contributed by atoms with Crippen LogP contribution in [0.4, 0.5) is 26.7 Å².